The van der Waals surface area contributed by atoms with Crippen molar-refractivity contribution in [2.45, 2.75) is 34.5 Å². The monoisotopic (exact) mass is 476 g/mol. The van der Waals surface area contributed by atoms with Crippen molar-refractivity contribution in [3.63, 3.8) is 0 Å². The maximum atomic E-state index is 5.20. The van der Waals surface area contributed by atoms with Crippen LogP contribution in [0.15, 0.2) is 36.7 Å². The van der Waals surface area contributed by atoms with Crippen molar-refractivity contribution in [1.29, 1.82) is 0 Å². The molecule has 4 rings (SSSR count). The predicted molar refractivity (Wildman–Crippen MR) is 117 cm³/mol. The zero-order chi connectivity index (χ0) is 18.6. The molecule has 3 aromatic rings. The minimum atomic E-state index is -1.14. The Morgan fingerprint density at radius 1 is 1.04 bits per heavy atom. The van der Waals surface area contributed by atoms with Crippen LogP contribution < -0.4 is 4.74 Å². The van der Waals surface area contributed by atoms with Crippen LogP contribution in [-0.4, -0.2) is 32.2 Å². The van der Waals surface area contributed by atoms with Crippen LogP contribution in [-0.2, 0) is 21.7 Å². The quantitative estimate of drug-likeness (QED) is 0.418. The van der Waals surface area contributed by atoms with Gasteiger partial charge in [0.15, 0.2) is 0 Å². The van der Waals surface area contributed by atoms with Gasteiger partial charge < -0.3 is 0 Å². The molecule has 0 spiro atoms. The van der Waals surface area contributed by atoms with E-state index in [9.17, 15) is 0 Å². The molecule has 1 aliphatic rings. The van der Waals surface area contributed by atoms with Gasteiger partial charge in [0.2, 0.25) is 0 Å². The Hall–Kier alpha value is -1.96. The van der Waals surface area contributed by atoms with E-state index in [0.717, 1.165) is 26.0 Å². The molecule has 2 aromatic heterocycles. The minimum absolute atomic E-state index is 0.763. The molecule has 1 aromatic carbocycles. The van der Waals surface area contributed by atoms with Gasteiger partial charge in [0.25, 0.3) is 0 Å². The zero-order valence-electron chi connectivity index (χ0n) is 15.8. The van der Waals surface area contributed by atoms with E-state index in [4.69, 9.17) is 4.74 Å². The normalized spacial score (nSPS) is 13.9. The number of nitrogens with one attached hydrogen (secondary N) is 1. The molecule has 6 heteroatoms. The molecule has 27 heavy (non-hydrogen) atoms. The van der Waals surface area contributed by atoms with Gasteiger partial charge in [-0.3, -0.25) is 0 Å². The third-order valence-electron chi connectivity index (χ3n) is 4.93. The molecule has 142 valence electrons. The van der Waals surface area contributed by atoms with E-state index >= 15 is 0 Å². The fourth-order valence-electron chi connectivity index (χ4n) is 3.50. The number of H-pyrrole nitrogens is 1. The third kappa shape index (κ3) is 4.31. The molecule has 1 N–H and O–H groups in total. The zero-order valence-corrected chi connectivity index (χ0v) is 18.0. The van der Waals surface area contributed by atoms with Gasteiger partial charge in [-0.05, 0) is 0 Å². The van der Waals surface area contributed by atoms with E-state index in [1.165, 1.54) is 48.2 Å². The maximum absolute atomic E-state index is 5.20. The van der Waals surface area contributed by atoms with Crippen LogP contribution in [0.25, 0.3) is 11.4 Å². The average molecular weight is 476 g/mol. The standard InChI is InChI=1S/C21H25IN4O/c1-22(12-20-18-5-3-4-6-19(18)25-26-20)11-15-13-23-21(24-14-15)16-7-9-17(27-2)10-8-16/h7-10,13-14H,3-6,11-12H2,1-2H3,(H,25,26). The van der Waals surface area contributed by atoms with Crippen LogP contribution in [0.1, 0.15) is 35.4 Å². The molecular weight excluding hydrogens is 451 g/mol. The molecule has 0 saturated heterocycles. The molecule has 1 aliphatic carbocycles. The molecule has 0 radical (unpaired) electrons. The summed E-state index contributed by atoms with van der Waals surface area (Å²) in [5.74, 6) is 1.61. The van der Waals surface area contributed by atoms with Crippen LogP contribution in [0.3, 0.4) is 0 Å². The molecule has 0 bridgehead atoms. The fraction of sp³-hybridized carbons (Fsp3) is 0.381. The van der Waals surface area contributed by atoms with E-state index in [-0.39, 0.29) is 0 Å². The number of ether oxygens (including phenoxy) is 1. The van der Waals surface area contributed by atoms with E-state index in [1.54, 1.807) is 7.11 Å². The summed E-state index contributed by atoms with van der Waals surface area (Å²) in [4.78, 5) is 11.6. The molecule has 0 unspecified atom stereocenters. The topological polar surface area (TPSA) is 63.7 Å². The SMILES string of the molecule is COc1ccc(-c2ncc(CI(C)Cc3n[nH]c4c3CCCC4)cn2)cc1. The number of rotatable bonds is 6. The summed E-state index contributed by atoms with van der Waals surface area (Å²) in [6, 6.07) is 7.86. The first-order valence-electron chi connectivity index (χ1n) is 9.25. The summed E-state index contributed by atoms with van der Waals surface area (Å²) in [5, 5.41) is 7.89. The first kappa shape index (κ1) is 18.4. The second-order valence-corrected chi connectivity index (χ2v) is 12.6. The van der Waals surface area contributed by atoms with Crippen LogP contribution in [0, 0.1) is 0 Å². The average Bonchev–Trinajstić information content (AvgIpc) is 3.11. The molecule has 5 nitrogen and oxygen atoms in total. The third-order valence-corrected chi connectivity index (χ3v) is 9.14. The van der Waals surface area contributed by atoms with Gasteiger partial charge in [-0.2, -0.15) is 0 Å². The van der Waals surface area contributed by atoms with Gasteiger partial charge in [0.1, 0.15) is 0 Å². The second-order valence-electron chi connectivity index (χ2n) is 6.97. The van der Waals surface area contributed by atoms with E-state index in [1.807, 2.05) is 36.7 Å². The number of hydrogen-bond donors (Lipinski definition) is 1. The van der Waals surface area contributed by atoms with Crippen molar-refractivity contribution in [3.8, 4) is 17.1 Å². The van der Waals surface area contributed by atoms with Gasteiger partial charge in [0.05, 0.1) is 0 Å². The number of hydrogen-bond acceptors (Lipinski definition) is 4. The van der Waals surface area contributed by atoms with Crippen molar-refractivity contribution < 1.29 is 4.74 Å². The number of aromatic nitrogens is 4. The van der Waals surface area contributed by atoms with Crippen LogP contribution in [0.4, 0.5) is 0 Å². The predicted octanol–water partition coefficient (Wildman–Crippen LogP) is 4.59. The number of aryl methyl sites for hydroxylation is 1. The fourth-order valence-corrected chi connectivity index (χ4v) is 7.53. The summed E-state index contributed by atoms with van der Waals surface area (Å²) in [6.07, 6.45) is 8.94. The second kappa shape index (κ2) is 8.37. The van der Waals surface area contributed by atoms with Gasteiger partial charge in [-0.25, -0.2) is 0 Å². The van der Waals surface area contributed by atoms with Crippen molar-refractivity contribution in [2.24, 2.45) is 0 Å². The van der Waals surface area contributed by atoms with Gasteiger partial charge >= 0.3 is 168 Å². The number of aromatic amines is 1. The van der Waals surface area contributed by atoms with Gasteiger partial charge in [-0.15, -0.1) is 0 Å². The molecule has 0 amide bonds. The summed E-state index contributed by atoms with van der Waals surface area (Å²) in [7, 11) is 1.67. The van der Waals surface area contributed by atoms with Crippen molar-refractivity contribution in [1.82, 2.24) is 20.2 Å². The summed E-state index contributed by atoms with van der Waals surface area (Å²) < 4.78 is 7.48. The summed E-state index contributed by atoms with van der Waals surface area (Å²) in [6.45, 7) is 0. The van der Waals surface area contributed by atoms with Crippen LogP contribution >= 0.6 is 19.8 Å². The molecule has 0 aliphatic heterocycles. The molecular formula is C21H25IN4O. The van der Waals surface area contributed by atoms with Crippen LogP contribution in [0.2, 0.25) is 0 Å². The number of fused-ring (bicyclic) bond motifs is 1. The molecule has 2 heterocycles. The Morgan fingerprint density at radius 3 is 2.52 bits per heavy atom. The number of alkyl halides is 3. The number of benzene rings is 1. The van der Waals surface area contributed by atoms with Crippen molar-refractivity contribution >= 4 is 19.8 Å². The Labute approximate surface area is 167 Å². The van der Waals surface area contributed by atoms with Crippen LogP contribution in [0.5, 0.6) is 5.75 Å². The Bertz CT molecular complexity index is 890. The van der Waals surface area contributed by atoms with E-state index in [0.29, 0.717) is 0 Å². The number of methoxy groups -OCH3 is 1. The van der Waals surface area contributed by atoms with Gasteiger partial charge in [0, 0.05) is 0 Å². The number of halogens is 1. The molecule has 0 fully saturated rings. The first-order valence-corrected chi connectivity index (χ1v) is 14.5. The first-order chi connectivity index (χ1) is 13.2. The summed E-state index contributed by atoms with van der Waals surface area (Å²) in [5.41, 5.74) is 6.47. The Morgan fingerprint density at radius 2 is 1.78 bits per heavy atom. The molecule has 0 atom stereocenters. The van der Waals surface area contributed by atoms with Gasteiger partial charge in [-0.1, -0.05) is 0 Å². The van der Waals surface area contributed by atoms with Crippen molar-refractivity contribution in [2.75, 3.05) is 12.0 Å². The Balaban J connectivity index is 1.39. The molecule has 0 saturated carbocycles. The Kier molecular flexibility index (Phi) is 5.71. The van der Waals surface area contributed by atoms with E-state index < -0.39 is 19.8 Å². The van der Waals surface area contributed by atoms with Crippen molar-refractivity contribution in [3.05, 3.63) is 59.2 Å². The summed E-state index contributed by atoms with van der Waals surface area (Å²) >= 11 is -1.14. The van der Waals surface area contributed by atoms with E-state index in [2.05, 4.69) is 25.1 Å². The number of nitrogens with zero attached hydrogens (tertiary/aromatic N) is 3.